The Morgan fingerprint density at radius 1 is 1.07 bits per heavy atom. The number of ether oxygens (including phenoxy) is 1. The molecule has 0 spiro atoms. The van der Waals surface area contributed by atoms with Crippen LogP contribution in [-0.4, -0.2) is 25.8 Å². The lowest BCUT2D eigenvalue weighted by molar-refractivity contribution is 0.0997. The van der Waals surface area contributed by atoms with Crippen molar-refractivity contribution in [1.29, 1.82) is 0 Å². The Hall–Kier alpha value is -0.0800. The van der Waals surface area contributed by atoms with Crippen LogP contribution in [0.4, 0.5) is 0 Å². The fraction of sp³-hybridized carbons (Fsp3) is 1.00. The van der Waals surface area contributed by atoms with Crippen LogP contribution in [-0.2, 0) is 4.74 Å². The van der Waals surface area contributed by atoms with Gasteiger partial charge in [-0.25, -0.2) is 0 Å². The molecule has 0 rings (SSSR count). The summed E-state index contributed by atoms with van der Waals surface area (Å²) in [4.78, 5) is 0. The number of rotatable bonds is 10. The van der Waals surface area contributed by atoms with E-state index in [0.717, 1.165) is 25.7 Å². The second-order valence-electron chi connectivity index (χ2n) is 4.70. The van der Waals surface area contributed by atoms with Gasteiger partial charge in [0.1, 0.15) is 0 Å². The average Bonchev–Trinajstić information content (AvgIpc) is 2.20. The molecule has 0 bridgehead atoms. The standard InChI is InChI=1S/C13H29NO/c1-5-7-13(14-9-6-2)11-15-10-8-12(3)4/h12-14H,5-11H2,1-4H3. The Bertz CT molecular complexity index is 126. The predicted octanol–water partition coefficient (Wildman–Crippen LogP) is 3.22. The third-order valence-corrected chi connectivity index (χ3v) is 2.48. The molecule has 0 aromatic carbocycles. The maximum atomic E-state index is 5.69. The molecule has 0 aromatic rings. The summed E-state index contributed by atoms with van der Waals surface area (Å²) in [6.07, 6.45) is 4.83. The zero-order valence-corrected chi connectivity index (χ0v) is 11.0. The van der Waals surface area contributed by atoms with Crippen LogP contribution in [0, 0.1) is 5.92 Å². The molecule has 0 saturated heterocycles. The van der Waals surface area contributed by atoms with Gasteiger partial charge < -0.3 is 10.1 Å². The quantitative estimate of drug-likeness (QED) is 0.565. The van der Waals surface area contributed by atoms with Gasteiger partial charge in [0.25, 0.3) is 0 Å². The van der Waals surface area contributed by atoms with Gasteiger partial charge in [-0.3, -0.25) is 0 Å². The van der Waals surface area contributed by atoms with E-state index in [1.807, 2.05) is 0 Å². The zero-order chi connectivity index (χ0) is 11.5. The average molecular weight is 215 g/mol. The lowest BCUT2D eigenvalue weighted by Crippen LogP contribution is -2.34. The van der Waals surface area contributed by atoms with Gasteiger partial charge in [-0.05, 0) is 31.7 Å². The van der Waals surface area contributed by atoms with Crippen molar-refractivity contribution in [3.63, 3.8) is 0 Å². The molecule has 0 saturated carbocycles. The van der Waals surface area contributed by atoms with E-state index in [1.165, 1.54) is 25.7 Å². The summed E-state index contributed by atoms with van der Waals surface area (Å²) in [7, 11) is 0. The molecule has 1 atom stereocenters. The second kappa shape index (κ2) is 10.4. The van der Waals surface area contributed by atoms with E-state index < -0.39 is 0 Å². The number of hydrogen-bond acceptors (Lipinski definition) is 2. The summed E-state index contributed by atoms with van der Waals surface area (Å²) in [5.74, 6) is 0.748. The Morgan fingerprint density at radius 3 is 2.33 bits per heavy atom. The van der Waals surface area contributed by atoms with E-state index in [9.17, 15) is 0 Å². The van der Waals surface area contributed by atoms with Crippen LogP contribution in [0.2, 0.25) is 0 Å². The van der Waals surface area contributed by atoms with E-state index in [4.69, 9.17) is 4.74 Å². The van der Waals surface area contributed by atoms with Crippen molar-refractivity contribution in [2.24, 2.45) is 5.92 Å². The maximum absolute atomic E-state index is 5.69. The van der Waals surface area contributed by atoms with E-state index in [0.29, 0.717) is 6.04 Å². The first kappa shape index (κ1) is 14.9. The molecular formula is C13H29NO. The highest BCUT2D eigenvalue weighted by Crippen LogP contribution is 2.02. The van der Waals surface area contributed by atoms with Gasteiger partial charge in [0, 0.05) is 12.6 Å². The minimum absolute atomic E-state index is 0.558. The van der Waals surface area contributed by atoms with Crippen molar-refractivity contribution in [3.05, 3.63) is 0 Å². The third kappa shape index (κ3) is 10.2. The first-order valence-electron chi connectivity index (χ1n) is 6.51. The summed E-state index contributed by atoms with van der Waals surface area (Å²) < 4.78 is 5.69. The molecule has 2 heteroatoms. The Balaban J connectivity index is 3.47. The summed E-state index contributed by atoms with van der Waals surface area (Å²) in [6.45, 7) is 11.8. The van der Waals surface area contributed by atoms with E-state index in [1.54, 1.807) is 0 Å². The molecule has 92 valence electrons. The molecule has 0 amide bonds. The number of hydrogen-bond donors (Lipinski definition) is 1. The summed E-state index contributed by atoms with van der Waals surface area (Å²) in [5.41, 5.74) is 0. The fourth-order valence-electron chi connectivity index (χ4n) is 1.49. The van der Waals surface area contributed by atoms with Gasteiger partial charge in [0.2, 0.25) is 0 Å². The largest absolute Gasteiger partial charge is 0.380 e. The molecule has 0 aliphatic heterocycles. The first-order chi connectivity index (χ1) is 7.20. The maximum Gasteiger partial charge on any atom is 0.0619 e. The highest BCUT2D eigenvalue weighted by molar-refractivity contribution is 4.64. The van der Waals surface area contributed by atoms with Crippen molar-refractivity contribution in [1.82, 2.24) is 5.32 Å². The SMILES string of the molecule is CCCNC(CCC)COCCC(C)C. The van der Waals surface area contributed by atoms with E-state index in [2.05, 4.69) is 33.0 Å². The minimum Gasteiger partial charge on any atom is -0.380 e. The van der Waals surface area contributed by atoms with Crippen LogP contribution in [0.15, 0.2) is 0 Å². The minimum atomic E-state index is 0.558. The molecule has 1 unspecified atom stereocenters. The van der Waals surface area contributed by atoms with E-state index >= 15 is 0 Å². The van der Waals surface area contributed by atoms with Crippen LogP contribution in [0.1, 0.15) is 53.4 Å². The third-order valence-electron chi connectivity index (χ3n) is 2.48. The molecule has 0 aliphatic rings. The van der Waals surface area contributed by atoms with Gasteiger partial charge in [-0.1, -0.05) is 34.1 Å². The summed E-state index contributed by atoms with van der Waals surface area (Å²) >= 11 is 0. The van der Waals surface area contributed by atoms with Gasteiger partial charge in [0.15, 0.2) is 0 Å². The van der Waals surface area contributed by atoms with Gasteiger partial charge in [-0.15, -0.1) is 0 Å². The molecular weight excluding hydrogens is 186 g/mol. The molecule has 0 heterocycles. The van der Waals surface area contributed by atoms with Gasteiger partial charge in [0.05, 0.1) is 6.61 Å². The first-order valence-corrected chi connectivity index (χ1v) is 6.51. The van der Waals surface area contributed by atoms with Crippen LogP contribution in [0.25, 0.3) is 0 Å². The normalized spacial score (nSPS) is 13.4. The Labute approximate surface area is 95.8 Å². The van der Waals surface area contributed by atoms with Crippen LogP contribution < -0.4 is 5.32 Å². The zero-order valence-electron chi connectivity index (χ0n) is 11.0. The lowest BCUT2D eigenvalue weighted by Gasteiger charge is -2.18. The molecule has 0 radical (unpaired) electrons. The monoisotopic (exact) mass is 215 g/mol. The van der Waals surface area contributed by atoms with Crippen LogP contribution >= 0.6 is 0 Å². The lowest BCUT2D eigenvalue weighted by atomic mass is 10.1. The molecule has 15 heavy (non-hydrogen) atoms. The van der Waals surface area contributed by atoms with Gasteiger partial charge in [-0.2, -0.15) is 0 Å². The van der Waals surface area contributed by atoms with Crippen molar-refractivity contribution < 1.29 is 4.74 Å². The highest BCUT2D eigenvalue weighted by atomic mass is 16.5. The molecule has 0 aliphatic carbocycles. The van der Waals surface area contributed by atoms with Crippen LogP contribution in [0.5, 0.6) is 0 Å². The smallest absolute Gasteiger partial charge is 0.0619 e. The Morgan fingerprint density at radius 2 is 1.80 bits per heavy atom. The van der Waals surface area contributed by atoms with Crippen molar-refractivity contribution in [2.45, 2.75) is 59.4 Å². The fourth-order valence-corrected chi connectivity index (χ4v) is 1.49. The topological polar surface area (TPSA) is 21.3 Å². The summed E-state index contributed by atoms with van der Waals surface area (Å²) in [5, 5.41) is 3.53. The predicted molar refractivity (Wildman–Crippen MR) is 67.3 cm³/mol. The molecule has 1 N–H and O–H groups in total. The molecule has 0 aromatic heterocycles. The number of nitrogens with one attached hydrogen (secondary N) is 1. The van der Waals surface area contributed by atoms with Crippen molar-refractivity contribution in [2.75, 3.05) is 19.8 Å². The van der Waals surface area contributed by atoms with Gasteiger partial charge >= 0.3 is 0 Å². The highest BCUT2D eigenvalue weighted by Gasteiger charge is 2.06. The summed E-state index contributed by atoms with van der Waals surface area (Å²) in [6, 6.07) is 0.558. The van der Waals surface area contributed by atoms with Crippen molar-refractivity contribution in [3.8, 4) is 0 Å². The van der Waals surface area contributed by atoms with E-state index in [-0.39, 0.29) is 0 Å². The molecule has 0 fully saturated rings. The molecule has 2 nitrogen and oxygen atoms in total. The van der Waals surface area contributed by atoms with Crippen LogP contribution in [0.3, 0.4) is 0 Å². The second-order valence-corrected chi connectivity index (χ2v) is 4.70. The Kier molecular flexibility index (Phi) is 10.4. The van der Waals surface area contributed by atoms with Crippen molar-refractivity contribution >= 4 is 0 Å².